The zero-order valence-electron chi connectivity index (χ0n) is 40.3. The van der Waals surface area contributed by atoms with Gasteiger partial charge in [-0.25, -0.2) is 9.78 Å². The molecule has 3 rings (SSSR count). The Kier molecular flexibility index (Phi) is 24.1. The van der Waals surface area contributed by atoms with E-state index in [4.69, 9.17) is 11.5 Å². The summed E-state index contributed by atoms with van der Waals surface area (Å²) in [5, 5.41) is 47.1. The maximum Gasteiger partial charge on any atom is 0.326 e. The number of carboxylic acids is 2. The van der Waals surface area contributed by atoms with Gasteiger partial charge in [0.2, 0.25) is 41.4 Å². The van der Waals surface area contributed by atoms with Gasteiger partial charge in [0.25, 0.3) is 0 Å². The van der Waals surface area contributed by atoms with Crippen LogP contribution in [0.1, 0.15) is 83.0 Å². The highest BCUT2D eigenvalue weighted by molar-refractivity contribution is 5.98. The molecule has 2 aromatic heterocycles. The van der Waals surface area contributed by atoms with Gasteiger partial charge in [0.15, 0.2) is 0 Å². The van der Waals surface area contributed by atoms with Crippen molar-refractivity contribution in [3.8, 4) is 5.75 Å². The number of phenols is 1. The summed E-state index contributed by atoms with van der Waals surface area (Å²) in [6.45, 7) is 7.04. The Morgan fingerprint density at radius 2 is 1.18 bits per heavy atom. The molecule has 1 aromatic carbocycles. The number of hydrogen-bond donors (Lipinski definition) is 13. The molecule has 24 nitrogen and oxygen atoms in total. The molecule has 0 unspecified atom stereocenters. The zero-order chi connectivity index (χ0) is 52.6. The van der Waals surface area contributed by atoms with Gasteiger partial charge >= 0.3 is 11.9 Å². The van der Waals surface area contributed by atoms with Crippen LogP contribution in [-0.4, -0.2) is 139 Å². The van der Waals surface area contributed by atoms with E-state index < -0.39 is 109 Å². The Morgan fingerprint density at radius 3 is 1.70 bits per heavy atom. The van der Waals surface area contributed by atoms with Crippen molar-refractivity contribution in [3.63, 3.8) is 0 Å². The third-order valence-corrected chi connectivity index (χ3v) is 11.4. The smallest absolute Gasteiger partial charge is 0.326 e. The topological polar surface area (TPSA) is 392 Å². The number of carboxylic acid groups (broad SMARTS) is 2. The zero-order valence-corrected chi connectivity index (χ0v) is 40.3. The molecule has 0 spiro atoms. The maximum absolute atomic E-state index is 14.2. The average Bonchev–Trinajstić information content (AvgIpc) is 3.85. The van der Waals surface area contributed by atoms with E-state index in [9.17, 15) is 58.5 Å². The number of hydrogen-bond acceptors (Lipinski definition) is 14. The van der Waals surface area contributed by atoms with Gasteiger partial charge in [-0.15, -0.1) is 0 Å². The summed E-state index contributed by atoms with van der Waals surface area (Å²) in [5.74, 6) is -9.26. The van der Waals surface area contributed by atoms with Crippen molar-refractivity contribution in [1.29, 1.82) is 0 Å². The molecular weight excluding hydrogens is 925 g/mol. The van der Waals surface area contributed by atoms with Gasteiger partial charge < -0.3 is 69.0 Å². The maximum atomic E-state index is 14.2. The fraction of sp³-hybridized carbons (Fsp3) is 0.511. The Balaban J connectivity index is 1.88. The van der Waals surface area contributed by atoms with E-state index in [1.54, 1.807) is 12.1 Å². The number of carbonyl (C=O) groups is 9. The number of H-pyrrole nitrogens is 1. The Labute approximate surface area is 411 Å². The fourth-order valence-corrected chi connectivity index (χ4v) is 7.11. The minimum Gasteiger partial charge on any atom is -0.508 e. The van der Waals surface area contributed by atoms with E-state index in [-0.39, 0.29) is 56.2 Å². The molecule has 0 aliphatic rings. The van der Waals surface area contributed by atoms with Crippen LogP contribution in [0.5, 0.6) is 5.75 Å². The minimum absolute atomic E-state index is 0.0118. The second-order valence-electron chi connectivity index (χ2n) is 17.6. The lowest BCUT2D eigenvalue weighted by atomic mass is 9.97. The van der Waals surface area contributed by atoms with Gasteiger partial charge in [-0.3, -0.25) is 43.3 Å². The summed E-state index contributed by atoms with van der Waals surface area (Å²) in [4.78, 5) is 131. The van der Waals surface area contributed by atoms with Gasteiger partial charge in [0, 0.05) is 43.5 Å². The van der Waals surface area contributed by atoms with E-state index in [2.05, 4.69) is 52.2 Å². The number of pyridine rings is 1. The van der Waals surface area contributed by atoms with Crippen molar-refractivity contribution in [2.45, 2.75) is 128 Å². The van der Waals surface area contributed by atoms with Crippen LogP contribution in [0.4, 0.5) is 0 Å². The number of unbranched alkanes of at least 4 members (excludes halogenated alkanes) is 1. The van der Waals surface area contributed by atoms with Gasteiger partial charge in [0.1, 0.15) is 42.0 Å². The highest BCUT2D eigenvalue weighted by Gasteiger charge is 2.35. The van der Waals surface area contributed by atoms with Crippen molar-refractivity contribution in [3.05, 3.63) is 78.1 Å². The molecule has 388 valence electrons. The highest BCUT2D eigenvalue weighted by Crippen LogP contribution is 2.14. The number of phenolic OH excluding ortho intramolecular Hbond substituents is 1. The van der Waals surface area contributed by atoms with Crippen molar-refractivity contribution >= 4 is 53.3 Å². The molecule has 3 aromatic rings. The normalized spacial score (nSPS) is 14.5. The number of carbonyl (C=O) groups excluding carboxylic acids is 7. The lowest BCUT2D eigenvalue weighted by Crippen LogP contribution is -2.60. The van der Waals surface area contributed by atoms with Crippen molar-refractivity contribution in [2.24, 2.45) is 23.3 Å². The van der Waals surface area contributed by atoms with Crippen LogP contribution in [-0.2, 0) is 62.4 Å². The summed E-state index contributed by atoms with van der Waals surface area (Å²) in [7, 11) is 0. The Hall–Kier alpha value is -7.47. The van der Waals surface area contributed by atoms with Crippen LogP contribution in [0.15, 0.2) is 61.3 Å². The number of amides is 7. The number of rotatable bonds is 31. The number of aromatic amines is 1. The van der Waals surface area contributed by atoms with Crippen LogP contribution in [0, 0.1) is 11.8 Å². The molecule has 8 atom stereocenters. The first-order valence-electron chi connectivity index (χ1n) is 23.3. The van der Waals surface area contributed by atoms with E-state index in [1.165, 1.54) is 49.2 Å². The third-order valence-electron chi connectivity index (χ3n) is 11.4. The standard InChI is InChI=1S/C47H68N12O12/c1-5-27(4)40(49)46(69)59-33(18-26(2)3)41(64)52-24-38(61)54-36(21-30-23-51-25-53-30)44(67)56-35(20-29-13-16-50-17-14-29)43(66)58-37(22-39(62)63)45(68)57-34(19-28-9-11-31(60)12-10-28)42(65)55-32(47(70)71)8-6-7-15-48/h9-14,16-17,23,25-27,32-37,40,60H,5-8,15,18-22,24,48-49H2,1-4H3,(H,51,53)(H,52,64)(H,54,61)(H,55,65)(H,56,67)(H,57,68)(H,58,66)(H,59,69)(H,62,63)(H,70,71)/t27-,32+,33+,34+,35-,36+,37+,40+/m0/s1. The largest absolute Gasteiger partial charge is 0.508 e. The van der Waals surface area contributed by atoms with Crippen molar-refractivity contribution < 1.29 is 58.5 Å². The molecule has 0 saturated heterocycles. The molecule has 0 radical (unpaired) electrons. The van der Waals surface area contributed by atoms with E-state index in [0.717, 1.165) is 0 Å². The van der Waals surface area contributed by atoms with Crippen LogP contribution in [0.3, 0.4) is 0 Å². The summed E-state index contributed by atoms with van der Waals surface area (Å²) in [6.07, 6.45) is 5.59. The molecule has 71 heavy (non-hydrogen) atoms. The molecule has 0 fully saturated rings. The van der Waals surface area contributed by atoms with E-state index in [0.29, 0.717) is 36.1 Å². The fourth-order valence-electron chi connectivity index (χ4n) is 7.11. The first-order chi connectivity index (χ1) is 33.7. The lowest BCUT2D eigenvalue weighted by Gasteiger charge is -2.27. The summed E-state index contributed by atoms with van der Waals surface area (Å²) < 4.78 is 0. The monoisotopic (exact) mass is 993 g/mol. The molecule has 0 bridgehead atoms. The lowest BCUT2D eigenvalue weighted by molar-refractivity contribution is -0.143. The van der Waals surface area contributed by atoms with Gasteiger partial charge in [-0.05, 0) is 79.5 Å². The number of aromatic nitrogens is 3. The molecule has 2 heterocycles. The number of aromatic hydroxyl groups is 1. The molecule has 0 aliphatic heterocycles. The van der Waals surface area contributed by atoms with Crippen molar-refractivity contribution in [1.82, 2.24) is 52.2 Å². The number of nitrogens with one attached hydrogen (secondary N) is 8. The number of benzene rings is 1. The summed E-state index contributed by atoms with van der Waals surface area (Å²) in [6, 6.07) is -0.989. The predicted octanol–water partition coefficient (Wildman–Crippen LogP) is -1.33. The average molecular weight is 993 g/mol. The van der Waals surface area contributed by atoms with Crippen LogP contribution in [0.2, 0.25) is 0 Å². The van der Waals surface area contributed by atoms with Gasteiger partial charge in [-0.2, -0.15) is 0 Å². The number of nitrogens with two attached hydrogens (primary N) is 2. The second-order valence-corrected chi connectivity index (χ2v) is 17.6. The molecule has 7 amide bonds. The van der Waals surface area contributed by atoms with Crippen LogP contribution < -0.4 is 48.7 Å². The first-order valence-corrected chi connectivity index (χ1v) is 23.3. The SMILES string of the molecule is CC[C@H](C)[C@@H](N)C(=O)N[C@H](CC(C)C)C(=O)NCC(=O)N[C@H](Cc1cnc[nH]1)C(=O)N[C@@H](Cc1ccncc1)C(=O)N[C@H](CC(=O)O)C(=O)N[C@H](Cc1ccc(O)cc1)C(=O)N[C@H](CCCCN)C(=O)O. The molecule has 0 saturated carbocycles. The number of imidazole rings is 1. The molecular formula is C47H68N12O12. The quantitative estimate of drug-likeness (QED) is 0.0332. The minimum atomic E-state index is -1.87. The highest BCUT2D eigenvalue weighted by atomic mass is 16.4. The van der Waals surface area contributed by atoms with Gasteiger partial charge in [0.05, 0.1) is 25.3 Å². The van der Waals surface area contributed by atoms with E-state index >= 15 is 0 Å². The van der Waals surface area contributed by atoms with E-state index in [1.807, 2.05) is 27.7 Å². The van der Waals surface area contributed by atoms with Crippen LogP contribution >= 0.6 is 0 Å². The summed E-state index contributed by atoms with van der Waals surface area (Å²) >= 11 is 0. The molecule has 15 N–H and O–H groups in total. The predicted molar refractivity (Wildman–Crippen MR) is 256 cm³/mol. The molecule has 24 heteroatoms. The Bertz CT molecular complexity index is 2230. The second kappa shape index (κ2) is 29.5. The first kappa shape index (κ1) is 57.8. The number of aliphatic carboxylic acids is 2. The van der Waals surface area contributed by atoms with Crippen LogP contribution in [0.25, 0.3) is 0 Å². The summed E-state index contributed by atoms with van der Waals surface area (Å²) in [5.41, 5.74) is 12.9. The van der Waals surface area contributed by atoms with Crippen molar-refractivity contribution in [2.75, 3.05) is 13.1 Å². The third kappa shape index (κ3) is 20.6. The Morgan fingerprint density at radius 1 is 0.648 bits per heavy atom. The van der Waals surface area contributed by atoms with Gasteiger partial charge in [-0.1, -0.05) is 46.2 Å². The number of nitrogens with zero attached hydrogens (tertiary/aromatic N) is 2. The molecule has 0 aliphatic carbocycles.